The lowest BCUT2D eigenvalue weighted by atomic mass is 10.0. The molecule has 4 atom stereocenters. The summed E-state index contributed by atoms with van der Waals surface area (Å²) in [4.78, 5) is 0. The summed E-state index contributed by atoms with van der Waals surface area (Å²) in [6.45, 7) is 0.462. The minimum atomic E-state index is -1.13. The highest BCUT2D eigenvalue weighted by Crippen LogP contribution is 2.38. The van der Waals surface area contributed by atoms with Gasteiger partial charge in [-0.1, -0.05) is 0 Å². The molecular weight excluding hydrogens is 164 g/mol. The van der Waals surface area contributed by atoms with Crippen molar-refractivity contribution >= 4 is 0 Å². The van der Waals surface area contributed by atoms with E-state index in [0.717, 1.165) is 0 Å². The maximum absolute atomic E-state index is 9.49. The van der Waals surface area contributed by atoms with Crippen LogP contribution in [0.3, 0.4) is 0 Å². The van der Waals surface area contributed by atoms with Gasteiger partial charge in [0.25, 0.3) is 0 Å². The smallest absolute Gasteiger partial charge is 0.221 e. The van der Waals surface area contributed by atoms with Crippen molar-refractivity contribution < 1.29 is 24.4 Å². The fourth-order valence-electron chi connectivity index (χ4n) is 1.70. The lowest BCUT2D eigenvalue weighted by Gasteiger charge is -2.29. The van der Waals surface area contributed by atoms with Crippen LogP contribution in [0.1, 0.15) is 0 Å². The quantitative estimate of drug-likeness (QED) is 0.535. The second-order valence-corrected chi connectivity index (χ2v) is 3.15. The minimum Gasteiger partial charge on any atom is -0.387 e. The van der Waals surface area contributed by atoms with Crippen LogP contribution in [0.5, 0.6) is 0 Å². The average Bonchev–Trinajstić information content (AvgIpc) is 2.55. The molecule has 2 aliphatic heterocycles. The van der Waals surface area contributed by atoms with Gasteiger partial charge in [-0.15, -0.1) is 0 Å². The third kappa shape index (κ3) is 0.915. The second kappa shape index (κ2) is 2.65. The summed E-state index contributed by atoms with van der Waals surface area (Å²) in [5.74, 6) is -1.13. The van der Waals surface area contributed by atoms with Gasteiger partial charge in [0.05, 0.1) is 6.61 Å². The Morgan fingerprint density at radius 2 is 2.33 bits per heavy atom. The number of aliphatic hydroxyl groups excluding tert-OH is 2. The van der Waals surface area contributed by atoms with Crippen molar-refractivity contribution in [2.24, 2.45) is 0 Å². The van der Waals surface area contributed by atoms with Gasteiger partial charge in [0.15, 0.2) is 0 Å². The molecule has 2 aliphatic rings. The van der Waals surface area contributed by atoms with Crippen LogP contribution < -0.4 is 0 Å². The molecular formula is C7H12O5. The third-order valence-corrected chi connectivity index (χ3v) is 2.34. The van der Waals surface area contributed by atoms with Crippen molar-refractivity contribution in [2.45, 2.75) is 24.1 Å². The summed E-state index contributed by atoms with van der Waals surface area (Å²) in [5, 5.41) is 18.9. The summed E-state index contributed by atoms with van der Waals surface area (Å²) >= 11 is 0. The third-order valence-electron chi connectivity index (χ3n) is 2.34. The molecule has 2 saturated heterocycles. The zero-order valence-electron chi connectivity index (χ0n) is 6.77. The SMILES string of the molecule is COCC12OCC(O1)C(O)C2O. The minimum absolute atomic E-state index is 0.141. The van der Waals surface area contributed by atoms with E-state index in [4.69, 9.17) is 14.2 Å². The Balaban J connectivity index is 2.15. The lowest BCUT2D eigenvalue weighted by Crippen LogP contribution is -2.51. The molecule has 5 nitrogen and oxygen atoms in total. The Bertz CT molecular complexity index is 185. The highest BCUT2D eigenvalue weighted by atomic mass is 16.8. The van der Waals surface area contributed by atoms with Gasteiger partial charge in [0, 0.05) is 7.11 Å². The summed E-state index contributed by atoms with van der Waals surface area (Å²) in [6.07, 6.45) is -2.26. The Morgan fingerprint density at radius 3 is 2.83 bits per heavy atom. The summed E-state index contributed by atoms with van der Waals surface area (Å²) < 4.78 is 15.3. The molecule has 0 saturated carbocycles. The van der Waals surface area contributed by atoms with E-state index in [2.05, 4.69) is 0 Å². The molecule has 0 aliphatic carbocycles. The van der Waals surface area contributed by atoms with E-state index in [-0.39, 0.29) is 6.61 Å². The Labute approximate surface area is 69.8 Å². The zero-order valence-corrected chi connectivity index (χ0v) is 6.77. The lowest BCUT2D eigenvalue weighted by molar-refractivity contribution is -0.228. The molecule has 2 bridgehead atoms. The number of methoxy groups -OCH3 is 1. The number of fused-ring (bicyclic) bond motifs is 2. The molecule has 12 heavy (non-hydrogen) atoms. The molecule has 2 N–H and O–H groups in total. The monoisotopic (exact) mass is 176 g/mol. The van der Waals surface area contributed by atoms with Crippen LogP contribution in [0.15, 0.2) is 0 Å². The number of hydrogen-bond donors (Lipinski definition) is 2. The Kier molecular flexibility index (Phi) is 1.85. The molecule has 0 aromatic heterocycles. The van der Waals surface area contributed by atoms with Crippen molar-refractivity contribution in [1.29, 1.82) is 0 Å². The number of aliphatic hydroxyl groups is 2. The predicted octanol–water partition coefficient (Wildman–Crippen LogP) is -1.52. The molecule has 0 amide bonds. The molecule has 2 rings (SSSR count). The van der Waals surface area contributed by atoms with Crippen LogP contribution >= 0.6 is 0 Å². The van der Waals surface area contributed by atoms with Crippen molar-refractivity contribution in [3.63, 3.8) is 0 Å². The summed E-state index contributed by atoms with van der Waals surface area (Å²) in [5.41, 5.74) is 0. The molecule has 5 heteroatoms. The van der Waals surface area contributed by atoms with Gasteiger partial charge in [0.1, 0.15) is 24.9 Å². The van der Waals surface area contributed by atoms with Crippen LogP contribution in [0.2, 0.25) is 0 Å². The van der Waals surface area contributed by atoms with Gasteiger partial charge in [-0.05, 0) is 0 Å². The van der Waals surface area contributed by atoms with E-state index in [1.807, 2.05) is 0 Å². The van der Waals surface area contributed by atoms with E-state index in [1.165, 1.54) is 7.11 Å². The van der Waals surface area contributed by atoms with Crippen LogP contribution in [-0.4, -0.2) is 54.6 Å². The van der Waals surface area contributed by atoms with Crippen molar-refractivity contribution in [3.05, 3.63) is 0 Å². The summed E-state index contributed by atoms with van der Waals surface area (Å²) in [6, 6.07) is 0. The highest BCUT2D eigenvalue weighted by Gasteiger charge is 2.60. The molecule has 0 radical (unpaired) electrons. The Hall–Kier alpha value is -0.200. The van der Waals surface area contributed by atoms with E-state index >= 15 is 0 Å². The van der Waals surface area contributed by atoms with Crippen LogP contribution in [0, 0.1) is 0 Å². The van der Waals surface area contributed by atoms with Crippen LogP contribution in [0.25, 0.3) is 0 Å². The normalized spacial score (nSPS) is 51.8. The molecule has 70 valence electrons. The average molecular weight is 176 g/mol. The van der Waals surface area contributed by atoms with Crippen LogP contribution in [0.4, 0.5) is 0 Å². The first kappa shape index (κ1) is 8.40. The first-order chi connectivity index (χ1) is 5.69. The number of hydrogen-bond acceptors (Lipinski definition) is 5. The highest BCUT2D eigenvalue weighted by molar-refractivity contribution is 5.01. The molecule has 0 aromatic rings. The van der Waals surface area contributed by atoms with E-state index in [9.17, 15) is 10.2 Å². The van der Waals surface area contributed by atoms with E-state index < -0.39 is 24.1 Å². The largest absolute Gasteiger partial charge is 0.387 e. The predicted molar refractivity (Wildman–Crippen MR) is 37.4 cm³/mol. The molecule has 2 heterocycles. The standard InChI is InChI=1S/C7H12O5/c1-10-3-7-6(9)5(8)4(12-7)2-11-7/h4-6,8-9H,2-3H2,1H3. The maximum atomic E-state index is 9.49. The second-order valence-electron chi connectivity index (χ2n) is 3.15. The number of rotatable bonds is 2. The van der Waals surface area contributed by atoms with Crippen molar-refractivity contribution in [3.8, 4) is 0 Å². The van der Waals surface area contributed by atoms with Gasteiger partial charge in [0.2, 0.25) is 5.79 Å². The van der Waals surface area contributed by atoms with Crippen molar-refractivity contribution in [1.82, 2.24) is 0 Å². The van der Waals surface area contributed by atoms with Crippen LogP contribution in [-0.2, 0) is 14.2 Å². The molecule has 2 fully saturated rings. The maximum Gasteiger partial charge on any atom is 0.221 e. The van der Waals surface area contributed by atoms with Gasteiger partial charge in [-0.2, -0.15) is 0 Å². The van der Waals surface area contributed by atoms with E-state index in [0.29, 0.717) is 6.61 Å². The topological polar surface area (TPSA) is 68.2 Å². The summed E-state index contributed by atoms with van der Waals surface area (Å²) in [7, 11) is 1.49. The Morgan fingerprint density at radius 1 is 1.58 bits per heavy atom. The first-order valence-corrected chi connectivity index (χ1v) is 3.86. The molecule has 4 unspecified atom stereocenters. The van der Waals surface area contributed by atoms with Gasteiger partial charge in [-0.3, -0.25) is 0 Å². The fraction of sp³-hybridized carbons (Fsp3) is 1.00. The zero-order chi connectivity index (χ0) is 8.77. The van der Waals surface area contributed by atoms with Crippen molar-refractivity contribution in [2.75, 3.05) is 20.3 Å². The first-order valence-electron chi connectivity index (χ1n) is 3.86. The number of ether oxygens (including phenoxy) is 3. The molecule has 0 spiro atoms. The molecule has 0 aromatic carbocycles. The van der Waals surface area contributed by atoms with Gasteiger partial charge in [-0.25, -0.2) is 0 Å². The van der Waals surface area contributed by atoms with Gasteiger partial charge < -0.3 is 24.4 Å². The van der Waals surface area contributed by atoms with E-state index in [1.54, 1.807) is 0 Å². The fourth-order valence-corrected chi connectivity index (χ4v) is 1.70. The van der Waals surface area contributed by atoms with Gasteiger partial charge >= 0.3 is 0 Å².